The Kier molecular flexibility index (Phi) is 2.43. The highest BCUT2D eigenvalue weighted by Crippen LogP contribution is 2.20. The van der Waals surface area contributed by atoms with Crippen molar-refractivity contribution in [1.29, 1.82) is 0 Å². The molecule has 0 fully saturated rings. The maximum Gasteiger partial charge on any atom is 0.252 e. The van der Waals surface area contributed by atoms with Crippen molar-refractivity contribution in [2.45, 2.75) is 0 Å². The first-order chi connectivity index (χ1) is 5.20. The van der Waals surface area contributed by atoms with E-state index in [1.165, 1.54) is 6.26 Å². The lowest BCUT2D eigenvalue weighted by molar-refractivity contribution is -0.401. The van der Waals surface area contributed by atoms with E-state index in [-0.39, 0.29) is 0 Å². The summed E-state index contributed by atoms with van der Waals surface area (Å²) in [4.78, 5) is 9.41. The van der Waals surface area contributed by atoms with Gasteiger partial charge in [0.1, 0.15) is 10.2 Å². The van der Waals surface area contributed by atoms with Crippen molar-refractivity contribution in [2.75, 3.05) is 0 Å². The molecule has 1 aromatic rings. The van der Waals surface area contributed by atoms with Crippen molar-refractivity contribution in [3.05, 3.63) is 40.5 Å². The van der Waals surface area contributed by atoms with Gasteiger partial charge in [-0.2, -0.15) is 0 Å². The SMILES string of the molecule is O=[N+]([O-])C=C(Br)c1ccco1. The fourth-order valence-electron chi connectivity index (χ4n) is 0.571. The Morgan fingerprint density at radius 2 is 2.55 bits per heavy atom. The summed E-state index contributed by atoms with van der Waals surface area (Å²) in [6.45, 7) is 0. The molecule has 58 valence electrons. The highest BCUT2D eigenvalue weighted by molar-refractivity contribution is 9.15. The summed E-state index contributed by atoms with van der Waals surface area (Å²) in [5.41, 5.74) is 0. The number of nitro groups is 1. The lowest BCUT2D eigenvalue weighted by Crippen LogP contribution is -1.84. The monoisotopic (exact) mass is 217 g/mol. The van der Waals surface area contributed by atoms with Crippen LogP contribution in [0.2, 0.25) is 0 Å². The van der Waals surface area contributed by atoms with E-state index in [1.54, 1.807) is 12.1 Å². The van der Waals surface area contributed by atoms with E-state index in [1.807, 2.05) is 0 Å². The number of halogens is 1. The van der Waals surface area contributed by atoms with Crippen molar-refractivity contribution >= 4 is 20.4 Å². The van der Waals surface area contributed by atoms with Crippen LogP contribution in [0.3, 0.4) is 0 Å². The normalized spacial score (nSPS) is 11.5. The molecule has 0 saturated heterocycles. The zero-order chi connectivity index (χ0) is 8.27. The Balaban J connectivity index is 2.86. The molecule has 1 heterocycles. The van der Waals surface area contributed by atoms with Gasteiger partial charge in [0.25, 0.3) is 6.20 Å². The first-order valence-corrected chi connectivity index (χ1v) is 3.54. The summed E-state index contributed by atoms with van der Waals surface area (Å²) >= 11 is 2.99. The van der Waals surface area contributed by atoms with Crippen LogP contribution in [-0.4, -0.2) is 4.92 Å². The van der Waals surface area contributed by atoms with Crippen molar-refractivity contribution in [3.8, 4) is 0 Å². The van der Waals surface area contributed by atoms with Gasteiger partial charge in [-0.3, -0.25) is 10.1 Å². The molecule has 0 amide bonds. The molecule has 0 unspecified atom stereocenters. The molecule has 0 aliphatic rings. The van der Waals surface area contributed by atoms with E-state index in [4.69, 9.17) is 4.42 Å². The standard InChI is InChI=1S/C6H4BrNO3/c7-5(4-8(9)10)6-2-1-3-11-6/h1-4H. The minimum Gasteiger partial charge on any atom is -0.464 e. The smallest absolute Gasteiger partial charge is 0.252 e. The van der Waals surface area contributed by atoms with Crippen LogP contribution in [0.15, 0.2) is 29.0 Å². The van der Waals surface area contributed by atoms with Gasteiger partial charge in [-0.05, 0) is 28.1 Å². The van der Waals surface area contributed by atoms with E-state index < -0.39 is 4.92 Å². The van der Waals surface area contributed by atoms with E-state index >= 15 is 0 Å². The molecule has 0 radical (unpaired) electrons. The van der Waals surface area contributed by atoms with Gasteiger partial charge in [0.05, 0.1) is 11.2 Å². The maximum atomic E-state index is 9.96. The fourth-order valence-corrected chi connectivity index (χ4v) is 0.963. The van der Waals surface area contributed by atoms with Crippen LogP contribution in [-0.2, 0) is 0 Å². The molecule has 5 heteroatoms. The van der Waals surface area contributed by atoms with Crippen LogP contribution < -0.4 is 0 Å². The second-order valence-corrected chi connectivity index (χ2v) is 2.59. The minimum atomic E-state index is -0.549. The van der Waals surface area contributed by atoms with E-state index in [9.17, 15) is 10.1 Å². The average Bonchev–Trinajstić information content (AvgIpc) is 2.35. The second-order valence-electron chi connectivity index (χ2n) is 1.74. The van der Waals surface area contributed by atoms with Gasteiger partial charge in [0.2, 0.25) is 0 Å². The highest BCUT2D eigenvalue weighted by Gasteiger charge is 2.03. The Morgan fingerprint density at radius 3 is 3.00 bits per heavy atom. The number of hydrogen-bond donors (Lipinski definition) is 0. The molecule has 0 aliphatic carbocycles. The van der Waals surface area contributed by atoms with Gasteiger partial charge in [-0.25, -0.2) is 0 Å². The first-order valence-electron chi connectivity index (χ1n) is 2.75. The molecule has 4 nitrogen and oxygen atoms in total. The van der Waals surface area contributed by atoms with Crippen LogP contribution in [0.5, 0.6) is 0 Å². The predicted octanol–water partition coefficient (Wildman–Crippen LogP) is 2.25. The first kappa shape index (κ1) is 8.00. The van der Waals surface area contributed by atoms with Crippen molar-refractivity contribution in [3.63, 3.8) is 0 Å². The number of rotatable bonds is 2. The third-order valence-corrected chi connectivity index (χ3v) is 1.57. The minimum absolute atomic E-state index is 0.326. The quantitative estimate of drug-likeness (QED) is 0.564. The van der Waals surface area contributed by atoms with Crippen molar-refractivity contribution in [2.24, 2.45) is 0 Å². The summed E-state index contributed by atoms with van der Waals surface area (Å²) in [5, 5.41) is 9.96. The third-order valence-electron chi connectivity index (χ3n) is 0.975. The molecule has 0 N–H and O–H groups in total. The van der Waals surface area contributed by atoms with Crippen molar-refractivity contribution in [1.82, 2.24) is 0 Å². The molecule has 0 bridgehead atoms. The van der Waals surface area contributed by atoms with Crippen LogP contribution in [0.4, 0.5) is 0 Å². The van der Waals surface area contributed by atoms with Crippen LogP contribution >= 0.6 is 15.9 Å². The topological polar surface area (TPSA) is 56.3 Å². The number of furan rings is 1. The van der Waals surface area contributed by atoms with Gasteiger partial charge in [0.15, 0.2) is 0 Å². The van der Waals surface area contributed by atoms with Gasteiger partial charge in [-0.1, -0.05) is 0 Å². The lowest BCUT2D eigenvalue weighted by Gasteiger charge is -1.86. The lowest BCUT2D eigenvalue weighted by atomic mass is 10.4. The zero-order valence-corrected chi connectivity index (χ0v) is 6.95. The van der Waals surface area contributed by atoms with Crippen LogP contribution in [0.25, 0.3) is 4.48 Å². The van der Waals surface area contributed by atoms with E-state index in [0.29, 0.717) is 10.2 Å². The van der Waals surface area contributed by atoms with E-state index in [2.05, 4.69) is 15.9 Å². The largest absolute Gasteiger partial charge is 0.464 e. The fraction of sp³-hybridized carbons (Fsp3) is 0. The molecule has 11 heavy (non-hydrogen) atoms. The number of nitrogens with zero attached hydrogens (tertiary/aromatic N) is 1. The molecule has 0 saturated carbocycles. The summed E-state index contributed by atoms with van der Waals surface area (Å²) < 4.78 is 5.20. The van der Waals surface area contributed by atoms with Gasteiger partial charge in [0, 0.05) is 0 Å². The van der Waals surface area contributed by atoms with Gasteiger partial charge >= 0.3 is 0 Å². The van der Waals surface area contributed by atoms with Gasteiger partial charge < -0.3 is 4.42 Å². The highest BCUT2D eigenvalue weighted by atomic mass is 79.9. The Labute approximate surface area is 70.8 Å². The molecular weight excluding hydrogens is 214 g/mol. The molecule has 0 aliphatic heterocycles. The summed E-state index contributed by atoms with van der Waals surface area (Å²) in [5.74, 6) is 0.446. The molecule has 0 atom stereocenters. The Bertz CT molecular complexity index is 278. The maximum absolute atomic E-state index is 9.96. The second kappa shape index (κ2) is 3.34. The predicted molar refractivity (Wildman–Crippen MR) is 42.6 cm³/mol. The average molecular weight is 218 g/mol. The molecular formula is C6H4BrNO3. The Morgan fingerprint density at radius 1 is 1.82 bits per heavy atom. The summed E-state index contributed by atoms with van der Waals surface area (Å²) in [7, 11) is 0. The molecule has 0 aromatic carbocycles. The third kappa shape index (κ3) is 2.19. The molecule has 1 rings (SSSR count). The van der Waals surface area contributed by atoms with E-state index in [0.717, 1.165) is 6.20 Å². The molecule has 0 spiro atoms. The Hall–Kier alpha value is -1.10. The van der Waals surface area contributed by atoms with Crippen LogP contribution in [0, 0.1) is 10.1 Å². The van der Waals surface area contributed by atoms with Crippen molar-refractivity contribution < 1.29 is 9.34 Å². The van der Waals surface area contributed by atoms with Crippen LogP contribution in [0.1, 0.15) is 5.76 Å². The summed E-state index contributed by atoms with van der Waals surface area (Å²) in [6.07, 6.45) is 2.28. The summed E-state index contributed by atoms with van der Waals surface area (Å²) in [6, 6.07) is 3.29. The number of hydrogen-bond acceptors (Lipinski definition) is 3. The zero-order valence-electron chi connectivity index (χ0n) is 5.36. The van der Waals surface area contributed by atoms with Gasteiger partial charge in [-0.15, -0.1) is 0 Å². The molecule has 1 aromatic heterocycles.